The molecule has 2 atom stereocenters. The maximum Gasteiger partial charge on any atom is 0.255 e. The van der Waals surface area contributed by atoms with Gasteiger partial charge in [-0.05, 0) is 24.1 Å². The van der Waals surface area contributed by atoms with Gasteiger partial charge in [0.1, 0.15) is 0 Å². The van der Waals surface area contributed by atoms with E-state index in [-0.39, 0.29) is 17.7 Å². The first-order valence-electron chi connectivity index (χ1n) is 10.4. The van der Waals surface area contributed by atoms with E-state index in [4.69, 9.17) is 21.1 Å². The minimum Gasteiger partial charge on any atom is -0.493 e. The lowest BCUT2D eigenvalue weighted by Gasteiger charge is -2.22. The number of benzene rings is 2. The van der Waals surface area contributed by atoms with Crippen molar-refractivity contribution >= 4 is 23.4 Å². The SMILES string of the molecule is COc1cccc([C@H]2CN(C(=O)c3ccccc3Cl)C[C@@H]2C(=O)NCC(C)C)c1OC. The van der Waals surface area contributed by atoms with Gasteiger partial charge in [0.25, 0.3) is 5.91 Å². The third-order valence-corrected chi connectivity index (χ3v) is 5.90. The fraction of sp³-hybridized carbons (Fsp3) is 0.417. The lowest BCUT2D eigenvalue weighted by molar-refractivity contribution is -0.125. The molecule has 0 bridgehead atoms. The molecule has 6 nitrogen and oxygen atoms in total. The average Bonchev–Trinajstić information content (AvgIpc) is 3.22. The van der Waals surface area contributed by atoms with Crippen molar-refractivity contribution < 1.29 is 19.1 Å². The molecule has 7 heteroatoms. The maximum atomic E-state index is 13.2. The molecule has 0 unspecified atom stereocenters. The Labute approximate surface area is 188 Å². The van der Waals surface area contributed by atoms with Crippen LogP contribution in [0.2, 0.25) is 5.02 Å². The molecule has 1 heterocycles. The van der Waals surface area contributed by atoms with Crippen LogP contribution < -0.4 is 14.8 Å². The van der Waals surface area contributed by atoms with Crippen LogP contribution in [-0.2, 0) is 4.79 Å². The van der Waals surface area contributed by atoms with E-state index in [1.807, 2.05) is 32.0 Å². The molecule has 2 aromatic rings. The van der Waals surface area contributed by atoms with E-state index in [1.165, 1.54) is 0 Å². The van der Waals surface area contributed by atoms with Crippen LogP contribution >= 0.6 is 11.6 Å². The van der Waals surface area contributed by atoms with E-state index in [2.05, 4.69) is 5.32 Å². The highest BCUT2D eigenvalue weighted by Gasteiger charge is 2.42. The van der Waals surface area contributed by atoms with Gasteiger partial charge in [-0.3, -0.25) is 9.59 Å². The Kier molecular flexibility index (Phi) is 7.44. The monoisotopic (exact) mass is 444 g/mol. The molecule has 0 aliphatic carbocycles. The van der Waals surface area contributed by atoms with Crippen LogP contribution in [0, 0.1) is 11.8 Å². The summed E-state index contributed by atoms with van der Waals surface area (Å²) < 4.78 is 11.1. The Balaban J connectivity index is 1.96. The van der Waals surface area contributed by atoms with Gasteiger partial charge in [0.15, 0.2) is 11.5 Å². The minimum atomic E-state index is -0.411. The van der Waals surface area contributed by atoms with E-state index < -0.39 is 5.92 Å². The van der Waals surface area contributed by atoms with Gasteiger partial charge in [0.2, 0.25) is 5.91 Å². The largest absolute Gasteiger partial charge is 0.493 e. The molecule has 3 rings (SSSR count). The normalized spacial score (nSPS) is 18.2. The third kappa shape index (κ3) is 4.96. The zero-order valence-corrected chi connectivity index (χ0v) is 19.1. The molecular weight excluding hydrogens is 416 g/mol. The molecule has 1 aliphatic heterocycles. The van der Waals surface area contributed by atoms with Crippen LogP contribution in [0.4, 0.5) is 0 Å². The number of ether oxygens (including phenoxy) is 2. The van der Waals surface area contributed by atoms with Gasteiger partial charge in [0.05, 0.1) is 30.7 Å². The fourth-order valence-corrected chi connectivity index (χ4v) is 4.21. The van der Waals surface area contributed by atoms with Gasteiger partial charge >= 0.3 is 0 Å². The number of rotatable bonds is 7. The highest BCUT2D eigenvalue weighted by molar-refractivity contribution is 6.33. The first-order valence-corrected chi connectivity index (χ1v) is 10.8. The van der Waals surface area contributed by atoms with Crippen molar-refractivity contribution in [3.8, 4) is 11.5 Å². The molecule has 166 valence electrons. The van der Waals surface area contributed by atoms with E-state index in [0.29, 0.717) is 47.6 Å². The topological polar surface area (TPSA) is 67.9 Å². The standard InChI is InChI=1S/C24H29ClN2O4/c1-15(2)12-26-23(28)19-14-27(24(29)17-8-5-6-10-20(17)25)13-18(19)16-9-7-11-21(30-3)22(16)31-4/h5-11,15,18-19H,12-14H2,1-4H3,(H,26,28)/t18-,19+/m1/s1. The van der Waals surface area contributed by atoms with Crippen LogP contribution in [0.25, 0.3) is 0 Å². The van der Waals surface area contributed by atoms with Crippen LogP contribution in [0.15, 0.2) is 42.5 Å². The van der Waals surface area contributed by atoms with E-state index >= 15 is 0 Å². The summed E-state index contributed by atoms with van der Waals surface area (Å²) in [6, 6.07) is 12.6. The van der Waals surface area contributed by atoms with Crippen LogP contribution in [0.3, 0.4) is 0 Å². The molecule has 0 spiro atoms. The summed E-state index contributed by atoms with van der Waals surface area (Å²) in [4.78, 5) is 28.0. The zero-order chi connectivity index (χ0) is 22.5. The highest BCUT2D eigenvalue weighted by atomic mass is 35.5. The zero-order valence-electron chi connectivity index (χ0n) is 18.4. The van der Waals surface area contributed by atoms with Crippen molar-refractivity contribution in [2.24, 2.45) is 11.8 Å². The number of carbonyl (C=O) groups is 2. The number of hydrogen-bond donors (Lipinski definition) is 1. The van der Waals surface area contributed by atoms with Crippen molar-refractivity contribution in [1.29, 1.82) is 0 Å². The molecule has 2 aromatic carbocycles. The van der Waals surface area contributed by atoms with Crippen LogP contribution in [0.5, 0.6) is 11.5 Å². The van der Waals surface area contributed by atoms with Crippen LogP contribution in [-0.4, -0.2) is 50.6 Å². The number of amides is 2. The molecule has 1 saturated heterocycles. The summed E-state index contributed by atoms with van der Waals surface area (Å²) in [6.45, 7) is 5.36. The Morgan fingerprint density at radius 3 is 2.48 bits per heavy atom. The number of likely N-dealkylation sites (tertiary alicyclic amines) is 1. The van der Waals surface area contributed by atoms with Crippen molar-refractivity contribution in [1.82, 2.24) is 10.2 Å². The average molecular weight is 445 g/mol. The number of carbonyl (C=O) groups excluding carboxylic acids is 2. The summed E-state index contributed by atoms with van der Waals surface area (Å²) in [5.74, 6) is 0.612. The van der Waals surface area contributed by atoms with Crippen molar-refractivity contribution in [2.45, 2.75) is 19.8 Å². The molecule has 0 aromatic heterocycles. The van der Waals surface area contributed by atoms with Gasteiger partial charge in [-0.2, -0.15) is 0 Å². The number of nitrogens with one attached hydrogen (secondary N) is 1. The highest BCUT2D eigenvalue weighted by Crippen LogP contribution is 2.42. The van der Waals surface area contributed by atoms with Crippen LogP contribution in [0.1, 0.15) is 35.7 Å². The van der Waals surface area contributed by atoms with Crippen molar-refractivity contribution in [2.75, 3.05) is 33.9 Å². The number of halogens is 1. The second kappa shape index (κ2) is 10.1. The van der Waals surface area contributed by atoms with E-state index in [9.17, 15) is 9.59 Å². The Morgan fingerprint density at radius 2 is 1.84 bits per heavy atom. The predicted octanol–water partition coefficient (Wildman–Crippen LogP) is 3.99. The van der Waals surface area contributed by atoms with Gasteiger partial charge in [-0.15, -0.1) is 0 Å². The summed E-state index contributed by atoms with van der Waals surface area (Å²) in [5.41, 5.74) is 1.28. The summed E-state index contributed by atoms with van der Waals surface area (Å²) >= 11 is 6.26. The number of methoxy groups -OCH3 is 2. The van der Waals surface area contributed by atoms with Gasteiger partial charge in [-0.1, -0.05) is 49.7 Å². The third-order valence-electron chi connectivity index (χ3n) is 5.57. The second-order valence-electron chi connectivity index (χ2n) is 8.12. The first-order chi connectivity index (χ1) is 14.9. The Bertz CT molecular complexity index is 947. The molecular formula is C24H29ClN2O4. The molecule has 31 heavy (non-hydrogen) atoms. The molecule has 1 N–H and O–H groups in total. The smallest absolute Gasteiger partial charge is 0.255 e. The lowest BCUT2D eigenvalue weighted by atomic mass is 9.87. The summed E-state index contributed by atoms with van der Waals surface area (Å²) in [7, 11) is 3.16. The second-order valence-corrected chi connectivity index (χ2v) is 8.53. The number of nitrogens with zero attached hydrogens (tertiary/aromatic N) is 1. The number of para-hydroxylation sites is 1. The Morgan fingerprint density at radius 1 is 1.10 bits per heavy atom. The van der Waals surface area contributed by atoms with Gasteiger partial charge < -0.3 is 19.7 Å². The van der Waals surface area contributed by atoms with Gasteiger partial charge in [0, 0.05) is 31.1 Å². The quantitative estimate of drug-likeness (QED) is 0.701. The minimum absolute atomic E-state index is 0.0713. The number of hydrogen-bond acceptors (Lipinski definition) is 4. The van der Waals surface area contributed by atoms with Crippen molar-refractivity contribution in [3.05, 3.63) is 58.6 Å². The van der Waals surface area contributed by atoms with Gasteiger partial charge in [-0.25, -0.2) is 0 Å². The molecule has 2 amide bonds. The summed E-state index contributed by atoms with van der Waals surface area (Å²) in [5, 5.41) is 3.42. The molecule has 1 fully saturated rings. The Hall–Kier alpha value is -2.73. The predicted molar refractivity (Wildman–Crippen MR) is 121 cm³/mol. The first kappa shape index (κ1) is 22.9. The van der Waals surface area contributed by atoms with Crippen molar-refractivity contribution in [3.63, 3.8) is 0 Å². The van der Waals surface area contributed by atoms with E-state index in [1.54, 1.807) is 43.4 Å². The maximum absolute atomic E-state index is 13.2. The summed E-state index contributed by atoms with van der Waals surface area (Å²) in [6.07, 6.45) is 0. The molecule has 0 saturated carbocycles. The fourth-order valence-electron chi connectivity index (χ4n) is 4.00. The molecule has 1 aliphatic rings. The molecule has 0 radical (unpaired) electrons. The van der Waals surface area contributed by atoms with E-state index in [0.717, 1.165) is 5.56 Å². The lowest BCUT2D eigenvalue weighted by Crippen LogP contribution is -2.37.